The smallest absolute Gasteiger partial charge is 0.126 e. The average molecular weight is 341 g/mol. The highest BCUT2D eigenvalue weighted by molar-refractivity contribution is 5.77. The molecule has 0 heterocycles. The van der Waals surface area contributed by atoms with Gasteiger partial charge in [-0.15, -0.1) is 0 Å². The van der Waals surface area contributed by atoms with E-state index in [9.17, 15) is 0 Å². The Hall–Kier alpha value is -1.96. The molecule has 2 aromatic rings. The molecule has 0 fully saturated rings. The number of ether oxygens (including phenoxy) is 2. The zero-order valence-corrected chi connectivity index (χ0v) is 16.9. The first-order valence-corrected chi connectivity index (χ1v) is 9.20. The van der Waals surface area contributed by atoms with Crippen LogP contribution in [0.1, 0.15) is 76.0 Å². The van der Waals surface area contributed by atoms with Gasteiger partial charge >= 0.3 is 0 Å². The standard InChI is InChI=1S/C23H32O2/c1-14(2)18-10-11-19(23(16(5)6)22(18)15(3)4)20-13-17(24-7)9-12-21(20)25-8/h9-16H,1-8H3. The van der Waals surface area contributed by atoms with Crippen molar-refractivity contribution >= 4 is 0 Å². The summed E-state index contributed by atoms with van der Waals surface area (Å²) in [5.74, 6) is 3.16. The highest BCUT2D eigenvalue weighted by Gasteiger charge is 2.22. The van der Waals surface area contributed by atoms with Crippen LogP contribution in [0.4, 0.5) is 0 Å². The summed E-state index contributed by atoms with van der Waals surface area (Å²) < 4.78 is 11.1. The fourth-order valence-corrected chi connectivity index (χ4v) is 3.68. The SMILES string of the molecule is COc1ccc(OC)c(-c2ccc(C(C)C)c(C(C)C)c2C(C)C)c1. The molecule has 0 N–H and O–H groups in total. The molecular formula is C23H32O2. The van der Waals surface area contributed by atoms with Crippen LogP contribution in [-0.2, 0) is 0 Å². The third-order valence-corrected chi connectivity index (χ3v) is 4.79. The summed E-state index contributed by atoms with van der Waals surface area (Å²) in [4.78, 5) is 0. The van der Waals surface area contributed by atoms with Crippen LogP contribution < -0.4 is 9.47 Å². The number of benzene rings is 2. The lowest BCUT2D eigenvalue weighted by Gasteiger charge is -2.26. The monoisotopic (exact) mass is 340 g/mol. The van der Waals surface area contributed by atoms with Gasteiger partial charge in [-0.3, -0.25) is 0 Å². The Morgan fingerprint density at radius 3 is 1.76 bits per heavy atom. The van der Waals surface area contributed by atoms with Crippen molar-refractivity contribution in [2.45, 2.75) is 59.3 Å². The van der Waals surface area contributed by atoms with E-state index in [-0.39, 0.29) is 0 Å². The van der Waals surface area contributed by atoms with E-state index in [0.29, 0.717) is 17.8 Å². The Morgan fingerprint density at radius 2 is 1.28 bits per heavy atom. The molecule has 0 aromatic heterocycles. The summed E-state index contributed by atoms with van der Waals surface area (Å²) in [6, 6.07) is 10.6. The van der Waals surface area contributed by atoms with E-state index in [1.807, 2.05) is 12.1 Å². The molecule has 0 bridgehead atoms. The molecule has 0 saturated heterocycles. The summed E-state index contributed by atoms with van der Waals surface area (Å²) >= 11 is 0. The first kappa shape index (κ1) is 19.4. The molecule has 0 amide bonds. The molecule has 0 radical (unpaired) electrons. The predicted molar refractivity (Wildman–Crippen MR) is 107 cm³/mol. The fraction of sp³-hybridized carbons (Fsp3) is 0.478. The van der Waals surface area contributed by atoms with Crippen molar-refractivity contribution in [2.24, 2.45) is 0 Å². The van der Waals surface area contributed by atoms with E-state index in [0.717, 1.165) is 17.1 Å². The Morgan fingerprint density at radius 1 is 0.640 bits per heavy atom. The normalized spacial score (nSPS) is 11.5. The van der Waals surface area contributed by atoms with Crippen LogP contribution in [0, 0.1) is 0 Å². The first-order chi connectivity index (χ1) is 11.8. The van der Waals surface area contributed by atoms with Crippen LogP contribution in [-0.4, -0.2) is 14.2 Å². The lowest BCUT2D eigenvalue weighted by Crippen LogP contribution is -2.08. The maximum absolute atomic E-state index is 5.66. The molecule has 0 aliphatic carbocycles. The molecule has 0 aliphatic rings. The molecule has 2 heteroatoms. The van der Waals surface area contributed by atoms with Gasteiger partial charge in [-0.05, 0) is 58.2 Å². The third-order valence-electron chi connectivity index (χ3n) is 4.79. The van der Waals surface area contributed by atoms with Crippen LogP contribution >= 0.6 is 0 Å². The van der Waals surface area contributed by atoms with E-state index in [1.54, 1.807) is 14.2 Å². The van der Waals surface area contributed by atoms with Gasteiger partial charge in [0.1, 0.15) is 11.5 Å². The van der Waals surface area contributed by atoms with Crippen LogP contribution in [0.5, 0.6) is 11.5 Å². The van der Waals surface area contributed by atoms with Crippen LogP contribution in [0.2, 0.25) is 0 Å². The molecule has 2 aromatic carbocycles. The Labute approximate surface area is 153 Å². The minimum Gasteiger partial charge on any atom is -0.497 e. The Balaban J connectivity index is 2.85. The number of hydrogen-bond donors (Lipinski definition) is 0. The van der Waals surface area contributed by atoms with Crippen molar-refractivity contribution in [3.8, 4) is 22.6 Å². The topological polar surface area (TPSA) is 18.5 Å². The minimum absolute atomic E-state index is 0.432. The van der Waals surface area contributed by atoms with Crippen molar-refractivity contribution in [3.05, 3.63) is 47.0 Å². The van der Waals surface area contributed by atoms with Gasteiger partial charge < -0.3 is 9.47 Å². The number of hydrogen-bond acceptors (Lipinski definition) is 2. The fourth-order valence-electron chi connectivity index (χ4n) is 3.68. The highest BCUT2D eigenvalue weighted by Crippen LogP contribution is 2.43. The molecule has 2 rings (SSSR count). The van der Waals surface area contributed by atoms with Gasteiger partial charge in [0.05, 0.1) is 14.2 Å². The lowest BCUT2D eigenvalue weighted by molar-refractivity contribution is 0.404. The van der Waals surface area contributed by atoms with Crippen molar-refractivity contribution in [1.82, 2.24) is 0 Å². The van der Waals surface area contributed by atoms with E-state index in [4.69, 9.17) is 9.47 Å². The Kier molecular flexibility index (Phi) is 6.16. The minimum atomic E-state index is 0.432. The van der Waals surface area contributed by atoms with Gasteiger partial charge in [-0.25, -0.2) is 0 Å². The highest BCUT2D eigenvalue weighted by atomic mass is 16.5. The summed E-state index contributed by atoms with van der Waals surface area (Å²) in [6.07, 6.45) is 0. The summed E-state index contributed by atoms with van der Waals surface area (Å²) in [6.45, 7) is 13.7. The van der Waals surface area contributed by atoms with Crippen molar-refractivity contribution in [3.63, 3.8) is 0 Å². The van der Waals surface area contributed by atoms with Crippen molar-refractivity contribution in [1.29, 1.82) is 0 Å². The van der Waals surface area contributed by atoms with Crippen LogP contribution in [0.15, 0.2) is 30.3 Å². The molecular weight excluding hydrogens is 308 g/mol. The van der Waals surface area contributed by atoms with Gasteiger partial charge in [0.2, 0.25) is 0 Å². The van der Waals surface area contributed by atoms with Crippen molar-refractivity contribution < 1.29 is 9.47 Å². The maximum atomic E-state index is 5.66. The largest absolute Gasteiger partial charge is 0.497 e. The van der Waals surface area contributed by atoms with Gasteiger partial charge in [0, 0.05) is 5.56 Å². The second kappa shape index (κ2) is 7.95. The maximum Gasteiger partial charge on any atom is 0.126 e. The second-order valence-corrected chi connectivity index (χ2v) is 7.56. The van der Waals surface area contributed by atoms with Gasteiger partial charge in [0.25, 0.3) is 0 Å². The molecule has 25 heavy (non-hydrogen) atoms. The van der Waals surface area contributed by atoms with E-state index in [1.165, 1.54) is 22.3 Å². The molecule has 0 atom stereocenters. The molecule has 0 aliphatic heterocycles. The van der Waals surface area contributed by atoms with Gasteiger partial charge in [-0.1, -0.05) is 53.7 Å². The van der Waals surface area contributed by atoms with E-state index >= 15 is 0 Å². The van der Waals surface area contributed by atoms with Crippen LogP contribution in [0.3, 0.4) is 0 Å². The van der Waals surface area contributed by atoms with E-state index in [2.05, 4.69) is 59.7 Å². The molecule has 0 unspecified atom stereocenters. The third kappa shape index (κ3) is 3.84. The quantitative estimate of drug-likeness (QED) is 0.579. The second-order valence-electron chi connectivity index (χ2n) is 7.56. The average Bonchev–Trinajstić information content (AvgIpc) is 2.59. The zero-order valence-electron chi connectivity index (χ0n) is 16.9. The van der Waals surface area contributed by atoms with Gasteiger partial charge in [-0.2, -0.15) is 0 Å². The van der Waals surface area contributed by atoms with E-state index < -0.39 is 0 Å². The molecule has 0 spiro atoms. The van der Waals surface area contributed by atoms with Crippen LogP contribution in [0.25, 0.3) is 11.1 Å². The molecule has 0 saturated carbocycles. The first-order valence-electron chi connectivity index (χ1n) is 9.20. The number of methoxy groups -OCH3 is 2. The summed E-state index contributed by atoms with van der Waals surface area (Å²) in [5, 5.41) is 0. The van der Waals surface area contributed by atoms with Gasteiger partial charge in [0.15, 0.2) is 0 Å². The zero-order chi connectivity index (χ0) is 18.7. The number of rotatable bonds is 6. The van der Waals surface area contributed by atoms with Crippen molar-refractivity contribution in [2.75, 3.05) is 14.2 Å². The lowest BCUT2D eigenvalue weighted by atomic mass is 9.79. The molecule has 136 valence electrons. The Bertz CT molecular complexity index is 727. The molecule has 2 nitrogen and oxygen atoms in total. The summed E-state index contributed by atoms with van der Waals surface area (Å²) in [7, 11) is 3.43. The predicted octanol–water partition coefficient (Wildman–Crippen LogP) is 6.74. The summed E-state index contributed by atoms with van der Waals surface area (Å²) in [5.41, 5.74) is 6.70.